The number of carbonyl (C=O) groups excluding carboxylic acids is 1. The summed E-state index contributed by atoms with van der Waals surface area (Å²) in [5.74, 6) is 2.94. The van der Waals surface area contributed by atoms with Crippen molar-refractivity contribution in [2.45, 2.75) is 26.8 Å². The molecule has 0 unspecified atom stereocenters. The normalized spacial score (nSPS) is 10.7. The first-order valence-electron chi connectivity index (χ1n) is 8.45. The van der Waals surface area contributed by atoms with Gasteiger partial charge in [-0.05, 0) is 43.7 Å². The van der Waals surface area contributed by atoms with Crippen LogP contribution in [-0.4, -0.2) is 22.9 Å². The number of nitrogens with one attached hydrogen (secondary N) is 1. The van der Waals surface area contributed by atoms with Crippen molar-refractivity contribution in [1.29, 1.82) is 0 Å². The van der Waals surface area contributed by atoms with E-state index in [9.17, 15) is 4.79 Å². The van der Waals surface area contributed by atoms with Crippen molar-refractivity contribution in [1.82, 2.24) is 9.97 Å². The fourth-order valence-corrected chi connectivity index (χ4v) is 2.84. The molecule has 7 heteroatoms. The molecule has 1 N–H and O–H groups in total. The summed E-state index contributed by atoms with van der Waals surface area (Å²) in [6, 6.07) is 11.3. The lowest BCUT2D eigenvalue weighted by molar-refractivity contribution is -0.116. The van der Waals surface area contributed by atoms with Gasteiger partial charge in [-0.15, -0.1) is 0 Å². The van der Waals surface area contributed by atoms with Gasteiger partial charge in [0.2, 0.25) is 0 Å². The molecule has 2 aromatic heterocycles. The second-order valence-electron chi connectivity index (χ2n) is 6.16. The highest BCUT2D eigenvalue weighted by Gasteiger charge is 2.17. The minimum absolute atomic E-state index is 0.0189. The monoisotopic (exact) mass is 385 g/mol. The Labute approximate surface area is 162 Å². The van der Waals surface area contributed by atoms with Gasteiger partial charge < -0.3 is 14.5 Å². The summed E-state index contributed by atoms with van der Waals surface area (Å²) in [5, 5.41) is 3.50. The zero-order valence-corrected chi connectivity index (χ0v) is 16.1. The molecular formula is C20H20ClN3O3. The van der Waals surface area contributed by atoms with Crippen LogP contribution in [0.15, 0.2) is 40.8 Å². The lowest BCUT2D eigenvalue weighted by Crippen LogP contribution is -2.10. The summed E-state index contributed by atoms with van der Waals surface area (Å²) >= 11 is 6.36. The molecule has 2 heterocycles. The Bertz CT molecular complexity index is 952. The molecule has 0 fully saturated rings. The van der Waals surface area contributed by atoms with Crippen LogP contribution in [0.4, 0.5) is 5.82 Å². The first-order valence-corrected chi connectivity index (χ1v) is 8.83. The van der Waals surface area contributed by atoms with Gasteiger partial charge >= 0.3 is 0 Å². The Hall–Kier alpha value is -2.86. The number of Topliss-reactive ketones (excluding diaryl/α,β-unsaturated/α-hetero) is 1. The van der Waals surface area contributed by atoms with Crippen LogP contribution < -0.4 is 10.1 Å². The number of benzene rings is 1. The van der Waals surface area contributed by atoms with Crippen LogP contribution in [0.2, 0.25) is 5.15 Å². The topological polar surface area (TPSA) is 77.2 Å². The van der Waals surface area contributed by atoms with Gasteiger partial charge in [0, 0.05) is 18.5 Å². The zero-order chi connectivity index (χ0) is 19.4. The van der Waals surface area contributed by atoms with Gasteiger partial charge in [0.1, 0.15) is 28.3 Å². The zero-order valence-electron chi connectivity index (χ0n) is 15.4. The summed E-state index contributed by atoms with van der Waals surface area (Å²) in [5.41, 5.74) is 1.61. The number of aryl methyl sites for hydroxylation is 1. The van der Waals surface area contributed by atoms with Crippen LogP contribution in [0.25, 0.3) is 11.6 Å². The van der Waals surface area contributed by atoms with Crippen LogP contribution >= 0.6 is 11.6 Å². The molecule has 0 amide bonds. The van der Waals surface area contributed by atoms with E-state index >= 15 is 0 Å². The van der Waals surface area contributed by atoms with Crippen LogP contribution in [-0.2, 0) is 17.8 Å². The smallest absolute Gasteiger partial charge is 0.199 e. The van der Waals surface area contributed by atoms with Gasteiger partial charge in [-0.25, -0.2) is 9.97 Å². The van der Waals surface area contributed by atoms with Gasteiger partial charge in [-0.2, -0.15) is 0 Å². The van der Waals surface area contributed by atoms with Gasteiger partial charge in [-0.1, -0.05) is 23.7 Å². The molecular weight excluding hydrogens is 366 g/mol. The second-order valence-corrected chi connectivity index (χ2v) is 6.51. The predicted octanol–water partition coefficient (Wildman–Crippen LogP) is 4.45. The predicted molar refractivity (Wildman–Crippen MR) is 104 cm³/mol. The SMILES string of the molecule is COc1ccc(CNc2nc(-c3ccc(C)o3)nc(Cl)c2CC(C)=O)cc1. The molecule has 0 aliphatic rings. The van der Waals surface area contributed by atoms with Crippen molar-refractivity contribution in [3.05, 3.63) is 58.4 Å². The van der Waals surface area contributed by atoms with Crippen molar-refractivity contribution >= 4 is 23.2 Å². The molecule has 0 saturated carbocycles. The molecule has 27 heavy (non-hydrogen) atoms. The molecule has 0 aliphatic carbocycles. The van der Waals surface area contributed by atoms with E-state index in [1.807, 2.05) is 37.3 Å². The van der Waals surface area contributed by atoms with Crippen LogP contribution in [0, 0.1) is 6.92 Å². The second kappa shape index (κ2) is 8.22. The molecule has 0 bridgehead atoms. The Morgan fingerprint density at radius 3 is 2.52 bits per heavy atom. The lowest BCUT2D eigenvalue weighted by atomic mass is 10.1. The number of carbonyl (C=O) groups is 1. The van der Waals surface area contributed by atoms with Crippen molar-refractivity contribution in [2.75, 3.05) is 12.4 Å². The lowest BCUT2D eigenvalue weighted by Gasteiger charge is -2.13. The Balaban J connectivity index is 1.91. The highest BCUT2D eigenvalue weighted by molar-refractivity contribution is 6.30. The number of furan rings is 1. The number of ketones is 1. The molecule has 0 atom stereocenters. The molecule has 140 valence electrons. The first-order chi connectivity index (χ1) is 13.0. The third kappa shape index (κ3) is 4.65. The summed E-state index contributed by atoms with van der Waals surface area (Å²) in [6.07, 6.45) is 0.154. The molecule has 0 radical (unpaired) electrons. The van der Waals surface area contributed by atoms with E-state index in [2.05, 4.69) is 15.3 Å². The average molecular weight is 386 g/mol. The van der Waals surface area contributed by atoms with Crippen LogP contribution in [0.1, 0.15) is 23.8 Å². The van der Waals surface area contributed by atoms with Crippen LogP contribution in [0.5, 0.6) is 5.75 Å². The van der Waals surface area contributed by atoms with Crippen molar-refractivity contribution in [2.24, 2.45) is 0 Å². The number of anilines is 1. The molecule has 3 aromatic rings. The first kappa shape index (κ1) is 18.9. The molecule has 0 saturated heterocycles. The minimum atomic E-state index is -0.0189. The number of aromatic nitrogens is 2. The Morgan fingerprint density at radius 1 is 1.19 bits per heavy atom. The maximum absolute atomic E-state index is 11.6. The van der Waals surface area contributed by atoms with Crippen molar-refractivity contribution in [3.63, 3.8) is 0 Å². The number of halogens is 1. The van der Waals surface area contributed by atoms with E-state index in [0.717, 1.165) is 17.1 Å². The van der Waals surface area contributed by atoms with Crippen LogP contribution in [0.3, 0.4) is 0 Å². The number of ether oxygens (including phenoxy) is 1. The number of nitrogens with zero attached hydrogens (tertiary/aromatic N) is 2. The number of hydrogen-bond donors (Lipinski definition) is 1. The quantitative estimate of drug-likeness (QED) is 0.605. The van der Waals surface area contributed by atoms with E-state index in [4.69, 9.17) is 20.8 Å². The van der Waals surface area contributed by atoms with Crippen molar-refractivity contribution in [3.8, 4) is 17.3 Å². The molecule has 1 aromatic carbocycles. The Morgan fingerprint density at radius 2 is 1.93 bits per heavy atom. The largest absolute Gasteiger partial charge is 0.497 e. The summed E-state index contributed by atoms with van der Waals surface area (Å²) in [4.78, 5) is 20.5. The van der Waals surface area contributed by atoms with E-state index in [1.165, 1.54) is 6.92 Å². The summed E-state index contributed by atoms with van der Waals surface area (Å²) in [6.45, 7) is 3.87. The number of hydrogen-bond acceptors (Lipinski definition) is 6. The van der Waals surface area contributed by atoms with Gasteiger partial charge in [-0.3, -0.25) is 4.79 Å². The maximum Gasteiger partial charge on any atom is 0.199 e. The highest BCUT2D eigenvalue weighted by Crippen LogP contribution is 2.28. The van der Waals surface area contributed by atoms with Gasteiger partial charge in [0.05, 0.1) is 7.11 Å². The summed E-state index contributed by atoms with van der Waals surface area (Å²) in [7, 11) is 1.63. The molecule has 0 spiro atoms. The summed E-state index contributed by atoms with van der Waals surface area (Å²) < 4.78 is 10.8. The average Bonchev–Trinajstić information content (AvgIpc) is 3.08. The molecule has 0 aliphatic heterocycles. The third-order valence-corrected chi connectivity index (χ3v) is 4.27. The number of methoxy groups -OCH3 is 1. The minimum Gasteiger partial charge on any atom is -0.497 e. The third-order valence-electron chi connectivity index (χ3n) is 3.96. The van der Waals surface area contributed by atoms with E-state index < -0.39 is 0 Å². The standard InChI is InChI=1S/C20H20ClN3O3/c1-12(25)10-16-18(21)23-20(17-9-4-13(2)27-17)24-19(16)22-11-14-5-7-15(26-3)8-6-14/h4-9H,10-11H2,1-3H3,(H,22,23,24). The van der Waals surface area contributed by atoms with Gasteiger partial charge in [0.25, 0.3) is 0 Å². The Kier molecular flexibility index (Phi) is 5.76. The fourth-order valence-electron chi connectivity index (χ4n) is 2.60. The van der Waals surface area contributed by atoms with E-state index in [1.54, 1.807) is 13.2 Å². The maximum atomic E-state index is 11.6. The van der Waals surface area contributed by atoms with E-state index in [0.29, 0.717) is 29.5 Å². The van der Waals surface area contributed by atoms with Crippen molar-refractivity contribution < 1.29 is 13.9 Å². The highest BCUT2D eigenvalue weighted by atomic mass is 35.5. The van der Waals surface area contributed by atoms with Gasteiger partial charge in [0.15, 0.2) is 11.6 Å². The molecule has 6 nitrogen and oxygen atoms in total. The molecule has 3 rings (SSSR count). The number of rotatable bonds is 7. The fraction of sp³-hybridized carbons (Fsp3) is 0.250. The van der Waals surface area contributed by atoms with E-state index in [-0.39, 0.29) is 17.4 Å².